The zero-order chi connectivity index (χ0) is 12.0. The van der Waals surface area contributed by atoms with Crippen molar-refractivity contribution >= 4 is 5.78 Å². The van der Waals surface area contributed by atoms with Crippen LogP contribution in [0.2, 0.25) is 0 Å². The second-order valence-electron chi connectivity index (χ2n) is 5.44. The van der Waals surface area contributed by atoms with E-state index in [9.17, 15) is 9.18 Å². The number of Topliss-reactive ketones (excluding diaryl/α,β-unsaturated/α-hetero) is 1. The van der Waals surface area contributed by atoms with Crippen molar-refractivity contribution in [1.29, 1.82) is 0 Å². The quantitative estimate of drug-likeness (QED) is 0.669. The van der Waals surface area contributed by atoms with Gasteiger partial charge in [-0.2, -0.15) is 0 Å². The van der Waals surface area contributed by atoms with Gasteiger partial charge in [-0.25, -0.2) is 4.39 Å². The van der Waals surface area contributed by atoms with Gasteiger partial charge in [-0.3, -0.25) is 4.79 Å². The van der Waals surface area contributed by atoms with Gasteiger partial charge in [0, 0.05) is 6.42 Å². The monoisotopic (exact) mass is 232 g/mol. The van der Waals surface area contributed by atoms with E-state index in [1.807, 2.05) is 18.2 Å². The Balaban J connectivity index is 2.22. The maximum Gasteiger partial charge on any atom is 0.146 e. The first kappa shape index (κ1) is 10.9. The summed E-state index contributed by atoms with van der Waals surface area (Å²) in [4.78, 5) is 12.2. The fraction of sp³-hybridized carbons (Fsp3) is 0.533. The van der Waals surface area contributed by atoms with Crippen molar-refractivity contribution in [2.75, 3.05) is 0 Å². The van der Waals surface area contributed by atoms with Crippen LogP contribution in [0.1, 0.15) is 49.7 Å². The largest absolute Gasteiger partial charge is 0.299 e. The molecular weight excluding hydrogens is 215 g/mol. The fourth-order valence-electron chi connectivity index (χ4n) is 3.65. The number of carbonyl (C=O) groups is 1. The summed E-state index contributed by atoms with van der Waals surface area (Å²) in [5, 5.41) is 0. The molecule has 17 heavy (non-hydrogen) atoms. The van der Waals surface area contributed by atoms with E-state index < -0.39 is 11.6 Å². The molecule has 2 heteroatoms. The van der Waals surface area contributed by atoms with Gasteiger partial charge in [-0.05, 0) is 36.3 Å². The third kappa shape index (κ3) is 1.33. The standard InChI is InChI=1S/C15H17FO/c1-10-9-13(16)15(8-4-7-14(15)17)12-6-3-2-5-11(10)12/h2-3,5-6,10,13H,4,7-9H2,1H3/t10?,13-,15+/m1/s1. The number of halogens is 1. The molecule has 1 aromatic rings. The van der Waals surface area contributed by atoms with Crippen LogP contribution in [0.3, 0.4) is 0 Å². The average Bonchev–Trinajstić information content (AvgIpc) is 2.70. The number of ketones is 1. The lowest BCUT2D eigenvalue weighted by atomic mass is 9.64. The molecule has 2 aliphatic carbocycles. The number of benzene rings is 1. The lowest BCUT2D eigenvalue weighted by Gasteiger charge is -2.40. The van der Waals surface area contributed by atoms with Crippen LogP contribution in [-0.2, 0) is 10.2 Å². The van der Waals surface area contributed by atoms with Gasteiger partial charge >= 0.3 is 0 Å². The highest BCUT2D eigenvalue weighted by molar-refractivity contribution is 5.93. The molecule has 0 radical (unpaired) electrons. The Morgan fingerprint density at radius 1 is 1.35 bits per heavy atom. The Kier molecular flexibility index (Phi) is 2.35. The number of carbonyl (C=O) groups excluding carboxylic acids is 1. The molecule has 1 fully saturated rings. The summed E-state index contributed by atoms with van der Waals surface area (Å²) in [5.41, 5.74) is 1.34. The van der Waals surface area contributed by atoms with Crippen LogP contribution in [0, 0.1) is 0 Å². The molecule has 0 amide bonds. The molecule has 2 aliphatic rings. The van der Waals surface area contributed by atoms with Gasteiger partial charge in [0.05, 0.1) is 5.41 Å². The number of alkyl halides is 1. The Morgan fingerprint density at radius 3 is 2.82 bits per heavy atom. The molecule has 90 valence electrons. The molecule has 0 saturated heterocycles. The molecular formula is C15H17FO. The first-order chi connectivity index (χ1) is 8.16. The van der Waals surface area contributed by atoms with Gasteiger partial charge in [-0.1, -0.05) is 31.2 Å². The van der Waals surface area contributed by atoms with Crippen LogP contribution in [-0.4, -0.2) is 12.0 Å². The van der Waals surface area contributed by atoms with Crippen LogP contribution in [0.4, 0.5) is 4.39 Å². The van der Waals surface area contributed by atoms with Gasteiger partial charge < -0.3 is 0 Å². The maximum atomic E-state index is 14.5. The summed E-state index contributed by atoms with van der Waals surface area (Å²) in [6, 6.07) is 7.93. The molecule has 1 saturated carbocycles. The van der Waals surface area contributed by atoms with E-state index in [-0.39, 0.29) is 11.7 Å². The van der Waals surface area contributed by atoms with E-state index in [0.717, 1.165) is 12.0 Å². The highest BCUT2D eigenvalue weighted by Crippen LogP contribution is 2.51. The molecule has 0 N–H and O–H groups in total. The SMILES string of the molecule is CC1C[C@@H](F)[C@]2(CCCC2=O)c2ccccc21. The normalized spacial score (nSPS) is 36.2. The third-order valence-electron chi connectivity index (χ3n) is 4.54. The molecule has 1 unspecified atom stereocenters. The van der Waals surface area contributed by atoms with Gasteiger partial charge in [0.2, 0.25) is 0 Å². The van der Waals surface area contributed by atoms with Crippen molar-refractivity contribution in [2.45, 2.75) is 50.1 Å². The van der Waals surface area contributed by atoms with E-state index in [1.54, 1.807) is 0 Å². The highest BCUT2D eigenvalue weighted by Gasteiger charge is 2.53. The van der Waals surface area contributed by atoms with Crippen molar-refractivity contribution in [2.24, 2.45) is 0 Å². The highest BCUT2D eigenvalue weighted by atomic mass is 19.1. The summed E-state index contributed by atoms with van der Waals surface area (Å²) in [5.74, 6) is 0.338. The predicted molar refractivity (Wildman–Crippen MR) is 64.9 cm³/mol. The van der Waals surface area contributed by atoms with E-state index in [4.69, 9.17) is 0 Å². The summed E-state index contributed by atoms with van der Waals surface area (Å²) in [7, 11) is 0. The Hall–Kier alpha value is -1.18. The maximum absolute atomic E-state index is 14.5. The Bertz CT molecular complexity index is 468. The zero-order valence-corrected chi connectivity index (χ0v) is 10.1. The Morgan fingerprint density at radius 2 is 2.12 bits per heavy atom. The number of hydrogen-bond donors (Lipinski definition) is 0. The second kappa shape index (κ2) is 3.66. The summed E-state index contributed by atoms with van der Waals surface area (Å²) >= 11 is 0. The smallest absolute Gasteiger partial charge is 0.146 e. The molecule has 3 rings (SSSR count). The second-order valence-corrected chi connectivity index (χ2v) is 5.44. The first-order valence-corrected chi connectivity index (χ1v) is 6.43. The van der Waals surface area contributed by atoms with Crippen molar-refractivity contribution in [3.8, 4) is 0 Å². The van der Waals surface area contributed by atoms with Crippen molar-refractivity contribution in [1.82, 2.24) is 0 Å². The molecule has 0 heterocycles. The zero-order valence-electron chi connectivity index (χ0n) is 10.1. The van der Waals surface area contributed by atoms with Gasteiger partial charge in [0.25, 0.3) is 0 Å². The average molecular weight is 232 g/mol. The minimum absolute atomic E-state index is 0.115. The summed E-state index contributed by atoms with van der Waals surface area (Å²) < 4.78 is 14.5. The minimum Gasteiger partial charge on any atom is -0.299 e. The van der Waals surface area contributed by atoms with E-state index in [2.05, 4.69) is 13.0 Å². The third-order valence-corrected chi connectivity index (χ3v) is 4.54. The van der Waals surface area contributed by atoms with Gasteiger partial charge in [0.15, 0.2) is 0 Å². The summed E-state index contributed by atoms with van der Waals surface area (Å²) in [6.07, 6.45) is 1.56. The van der Waals surface area contributed by atoms with Crippen molar-refractivity contribution in [3.63, 3.8) is 0 Å². The fourth-order valence-corrected chi connectivity index (χ4v) is 3.65. The van der Waals surface area contributed by atoms with Crippen LogP contribution in [0.15, 0.2) is 24.3 Å². The van der Waals surface area contributed by atoms with Gasteiger partial charge in [0.1, 0.15) is 12.0 Å². The van der Waals surface area contributed by atoms with E-state index >= 15 is 0 Å². The Labute approximate surface area is 101 Å². The first-order valence-electron chi connectivity index (χ1n) is 6.43. The van der Waals surface area contributed by atoms with Crippen molar-refractivity contribution in [3.05, 3.63) is 35.4 Å². The minimum atomic E-state index is -0.998. The molecule has 1 spiro atoms. The number of fused-ring (bicyclic) bond motifs is 2. The lowest BCUT2D eigenvalue weighted by molar-refractivity contribution is -0.125. The lowest BCUT2D eigenvalue weighted by Crippen LogP contribution is -2.45. The summed E-state index contributed by atoms with van der Waals surface area (Å²) in [6.45, 7) is 2.05. The number of rotatable bonds is 0. The van der Waals surface area contributed by atoms with Gasteiger partial charge in [-0.15, -0.1) is 0 Å². The topological polar surface area (TPSA) is 17.1 Å². The predicted octanol–water partition coefficient (Wildman–Crippen LogP) is 3.52. The van der Waals surface area contributed by atoms with E-state index in [0.29, 0.717) is 19.3 Å². The van der Waals surface area contributed by atoms with Crippen LogP contribution in [0.25, 0.3) is 0 Å². The molecule has 3 atom stereocenters. The van der Waals surface area contributed by atoms with Crippen LogP contribution >= 0.6 is 0 Å². The molecule has 0 aliphatic heterocycles. The van der Waals surface area contributed by atoms with E-state index in [1.165, 1.54) is 5.56 Å². The van der Waals surface area contributed by atoms with Crippen LogP contribution < -0.4 is 0 Å². The van der Waals surface area contributed by atoms with Crippen LogP contribution in [0.5, 0.6) is 0 Å². The molecule has 0 bridgehead atoms. The van der Waals surface area contributed by atoms with Crippen molar-refractivity contribution < 1.29 is 9.18 Å². The number of hydrogen-bond acceptors (Lipinski definition) is 1. The molecule has 1 nitrogen and oxygen atoms in total. The molecule has 1 aromatic carbocycles. The molecule has 0 aromatic heterocycles.